The average molecular weight is 368 g/mol. The molecule has 144 valence electrons. The van der Waals surface area contributed by atoms with Crippen molar-refractivity contribution in [3.05, 3.63) is 30.1 Å². The van der Waals surface area contributed by atoms with Crippen molar-refractivity contribution in [3.8, 4) is 0 Å². The second-order valence-electron chi connectivity index (χ2n) is 7.78. The summed E-state index contributed by atoms with van der Waals surface area (Å²) >= 11 is 0. The number of carbonyl (C=O) groups excluding carboxylic acids is 2. The zero-order valence-electron chi connectivity index (χ0n) is 16.3. The summed E-state index contributed by atoms with van der Waals surface area (Å²) in [6.07, 6.45) is 4.73. The molecule has 6 nitrogen and oxygen atoms in total. The minimum atomic E-state index is -0.589. The Morgan fingerprint density at radius 3 is 2.70 bits per heavy atom. The number of likely N-dealkylation sites (tertiary alicyclic amines) is 2. The fraction of sp³-hybridized carbons (Fsp3) is 0.571. The fourth-order valence-corrected chi connectivity index (χ4v) is 4.88. The lowest BCUT2D eigenvalue weighted by Gasteiger charge is -2.43. The lowest BCUT2D eigenvalue weighted by molar-refractivity contribution is -0.154. The SMILES string of the molecule is CCc1nc2ccccc2n1CCC(=O)N1CCCC12CCCN(C)C2=O. The van der Waals surface area contributed by atoms with Crippen molar-refractivity contribution < 1.29 is 9.59 Å². The molecule has 2 aliphatic rings. The van der Waals surface area contributed by atoms with Gasteiger partial charge in [0.05, 0.1) is 11.0 Å². The molecule has 0 bridgehead atoms. The lowest BCUT2D eigenvalue weighted by Crippen LogP contribution is -2.60. The molecule has 0 saturated carbocycles. The summed E-state index contributed by atoms with van der Waals surface area (Å²) in [6, 6.07) is 8.07. The molecule has 6 heteroatoms. The first kappa shape index (κ1) is 18.0. The van der Waals surface area contributed by atoms with Crippen molar-refractivity contribution in [3.63, 3.8) is 0 Å². The Bertz CT molecular complexity index is 874. The van der Waals surface area contributed by atoms with Crippen LogP contribution in [0.25, 0.3) is 11.0 Å². The number of amides is 2. The van der Waals surface area contributed by atoms with E-state index in [2.05, 4.69) is 22.5 Å². The van der Waals surface area contributed by atoms with Gasteiger partial charge >= 0.3 is 0 Å². The van der Waals surface area contributed by atoms with Crippen LogP contribution in [0.1, 0.15) is 44.9 Å². The van der Waals surface area contributed by atoms with Gasteiger partial charge in [0.2, 0.25) is 11.8 Å². The molecule has 0 N–H and O–H groups in total. The van der Waals surface area contributed by atoms with Crippen LogP contribution in [0.15, 0.2) is 24.3 Å². The normalized spacial score (nSPS) is 23.0. The Morgan fingerprint density at radius 2 is 1.93 bits per heavy atom. The summed E-state index contributed by atoms with van der Waals surface area (Å²) in [6.45, 7) is 4.19. The van der Waals surface area contributed by atoms with E-state index in [0.29, 0.717) is 19.5 Å². The molecule has 27 heavy (non-hydrogen) atoms. The maximum atomic E-state index is 13.1. The van der Waals surface area contributed by atoms with Gasteiger partial charge in [-0.15, -0.1) is 0 Å². The summed E-state index contributed by atoms with van der Waals surface area (Å²) in [5.41, 5.74) is 1.46. The first-order valence-corrected chi connectivity index (χ1v) is 10.1. The number of carbonyl (C=O) groups is 2. The van der Waals surface area contributed by atoms with Gasteiger partial charge in [-0.2, -0.15) is 0 Å². The van der Waals surface area contributed by atoms with Crippen LogP contribution in [-0.4, -0.2) is 56.8 Å². The van der Waals surface area contributed by atoms with E-state index < -0.39 is 5.54 Å². The largest absolute Gasteiger partial charge is 0.344 e. The van der Waals surface area contributed by atoms with E-state index in [4.69, 9.17) is 0 Å². The zero-order chi connectivity index (χ0) is 19.0. The van der Waals surface area contributed by atoms with Gasteiger partial charge in [0, 0.05) is 39.5 Å². The van der Waals surface area contributed by atoms with E-state index >= 15 is 0 Å². The van der Waals surface area contributed by atoms with Crippen molar-refractivity contribution in [1.29, 1.82) is 0 Å². The number of likely N-dealkylation sites (N-methyl/N-ethyl adjacent to an activating group) is 1. The second kappa shape index (κ2) is 6.98. The third-order valence-corrected chi connectivity index (χ3v) is 6.22. The molecule has 2 fully saturated rings. The number of aryl methyl sites for hydroxylation is 2. The van der Waals surface area contributed by atoms with Crippen LogP contribution in [0.5, 0.6) is 0 Å². The third kappa shape index (κ3) is 2.91. The highest BCUT2D eigenvalue weighted by Gasteiger charge is 2.51. The number of rotatable bonds is 4. The number of para-hydroxylation sites is 2. The smallest absolute Gasteiger partial charge is 0.248 e. The summed E-state index contributed by atoms with van der Waals surface area (Å²) in [7, 11) is 1.86. The number of imidazole rings is 1. The fourth-order valence-electron chi connectivity index (χ4n) is 4.88. The predicted molar refractivity (Wildman–Crippen MR) is 104 cm³/mol. The van der Waals surface area contributed by atoms with Gasteiger partial charge in [-0.05, 0) is 37.8 Å². The van der Waals surface area contributed by atoms with Crippen molar-refractivity contribution in [1.82, 2.24) is 19.4 Å². The molecular formula is C21H28N4O2. The molecule has 1 atom stereocenters. The average Bonchev–Trinajstić information content (AvgIpc) is 3.26. The van der Waals surface area contributed by atoms with Crippen molar-refractivity contribution in [2.24, 2.45) is 0 Å². The van der Waals surface area contributed by atoms with Gasteiger partial charge in [-0.3, -0.25) is 9.59 Å². The highest BCUT2D eigenvalue weighted by atomic mass is 16.2. The first-order valence-electron chi connectivity index (χ1n) is 10.1. The van der Waals surface area contributed by atoms with E-state index in [1.54, 1.807) is 4.90 Å². The van der Waals surface area contributed by atoms with Gasteiger partial charge in [0.1, 0.15) is 11.4 Å². The number of benzene rings is 1. The maximum absolute atomic E-state index is 13.1. The highest BCUT2D eigenvalue weighted by molar-refractivity contribution is 5.92. The monoisotopic (exact) mass is 368 g/mol. The predicted octanol–water partition coefficient (Wildman–Crippen LogP) is 2.60. The van der Waals surface area contributed by atoms with Crippen molar-refractivity contribution >= 4 is 22.8 Å². The lowest BCUT2D eigenvalue weighted by atomic mass is 9.85. The van der Waals surface area contributed by atoms with Gasteiger partial charge in [0.25, 0.3) is 0 Å². The first-order chi connectivity index (χ1) is 13.1. The molecule has 2 aliphatic heterocycles. The minimum Gasteiger partial charge on any atom is -0.344 e. The summed E-state index contributed by atoms with van der Waals surface area (Å²) in [5.74, 6) is 1.23. The Labute approximate surface area is 160 Å². The minimum absolute atomic E-state index is 0.0935. The van der Waals surface area contributed by atoms with E-state index in [0.717, 1.165) is 55.5 Å². The Morgan fingerprint density at radius 1 is 1.19 bits per heavy atom. The molecule has 3 heterocycles. The molecule has 0 radical (unpaired) electrons. The zero-order valence-corrected chi connectivity index (χ0v) is 16.3. The van der Waals surface area contributed by atoms with Gasteiger partial charge in [-0.25, -0.2) is 4.98 Å². The van der Waals surface area contributed by atoms with Crippen LogP contribution in [0.2, 0.25) is 0 Å². The van der Waals surface area contributed by atoms with Crippen LogP contribution in [0.4, 0.5) is 0 Å². The number of hydrogen-bond donors (Lipinski definition) is 0. The van der Waals surface area contributed by atoms with Crippen LogP contribution in [0, 0.1) is 0 Å². The number of fused-ring (bicyclic) bond motifs is 1. The summed E-state index contributed by atoms with van der Waals surface area (Å²) < 4.78 is 2.16. The number of aromatic nitrogens is 2. The Kier molecular flexibility index (Phi) is 4.66. The van der Waals surface area contributed by atoms with Crippen LogP contribution < -0.4 is 0 Å². The Balaban J connectivity index is 1.54. The van der Waals surface area contributed by atoms with E-state index in [1.807, 2.05) is 30.1 Å². The van der Waals surface area contributed by atoms with Crippen LogP contribution in [0.3, 0.4) is 0 Å². The van der Waals surface area contributed by atoms with E-state index in [9.17, 15) is 9.59 Å². The number of piperidine rings is 1. The standard InChI is InChI=1S/C21H28N4O2/c1-3-18-22-16-8-4-5-9-17(16)24(18)15-10-19(26)25-14-7-12-21(25)11-6-13-23(2)20(21)27/h4-5,8-9H,3,6-7,10-15H2,1-2H3. The maximum Gasteiger partial charge on any atom is 0.248 e. The van der Waals surface area contributed by atoms with Crippen molar-refractivity contribution in [2.45, 2.75) is 57.5 Å². The molecule has 1 spiro atoms. The van der Waals surface area contributed by atoms with E-state index in [1.165, 1.54) is 0 Å². The molecule has 1 aromatic heterocycles. The van der Waals surface area contributed by atoms with Crippen LogP contribution >= 0.6 is 0 Å². The molecule has 2 amide bonds. The Hall–Kier alpha value is -2.37. The summed E-state index contributed by atoms with van der Waals surface area (Å²) in [5, 5.41) is 0. The quantitative estimate of drug-likeness (QED) is 0.833. The van der Waals surface area contributed by atoms with Crippen molar-refractivity contribution in [2.75, 3.05) is 20.1 Å². The number of nitrogens with zero attached hydrogens (tertiary/aromatic N) is 4. The topological polar surface area (TPSA) is 58.4 Å². The molecule has 2 aromatic rings. The molecule has 0 aliphatic carbocycles. The molecule has 2 saturated heterocycles. The van der Waals surface area contributed by atoms with Gasteiger partial charge < -0.3 is 14.4 Å². The number of hydrogen-bond acceptors (Lipinski definition) is 3. The summed E-state index contributed by atoms with van der Waals surface area (Å²) in [4.78, 5) is 34.4. The van der Waals surface area contributed by atoms with Gasteiger partial charge in [-0.1, -0.05) is 19.1 Å². The molecule has 1 unspecified atom stereocenters. The van der Waals surface area contributed by atoms with E-state index in [-0.39, 0.29) is 11.8 Å². The molecule has 4 rings (SSSR count). The highest BCUT2D eigenvalue weighted by Crippen LogP contribution is 2.38. The van der Waals surface area contributed by atoms with Gasteiger partial charge in [0.15, 0.2) is 0 Å². The second-order valence-corrected chi connectivity index (χ2v) is 7.78. The van der Waals surface area contributed by atoms with Crippen LogP contribution in [-0.2, 0) is 22.6 Å². The molecular weight excluding hydrogens is 340 g/mol. The third-order valence-electron chi connectivity index (χ3n) is 6.22. The molecule has 1 aromatic carbocycles.